The molecule has 3 rings (SSSR count). The largest absolute Gasteiger partial charge is 0.394 e. The number of aryl methyl sites for hydroxylation is 1. The van der Waals surface area contributed by atoms with Crippen molar-refractivity contribution in [1.29, 1.82) is 0 Å². The van der Waals surface area contributed by atoms with Gasteiger partial charge in [-0.2, -0.15) is 5.10 Å². The Kier molecular flexibility index (Phi) is 4.88. The summed E-state index contributed by atoms with van der Waals surface area (Å²) in [6.45, 7) is 9.65. The van der Waals surface area contributed by atoms with Crippen molar-refractivity contribution in [2.75, 3.05) is 37.7 Å². The molecule has 0 aromatic carbocycles. The maximum absolute atomic E-state index is 9.12. The second-order valence-electron chi connectivity index (χ2n) is 5.92. The Labute approximate surface area is 136 Å². The van der Waals surface area contributed by atoms with Crippen LogP contribution in [0, 0.1) is 13.8 Å². The fourth-order valence-corrected chi connectivity index (χ4v) is 3.09. The number of anilines is 1. The number of hydrogen-bond donors (Lipinski definition) is 1. The van der Waals surface area contributed by atoms with Gasteiger partial charge in [-0.05, 0) is 13.8 Å². The van der Waals surface area contributed by atoms with E-state index < -0.39 is 0 Å². The van der Waals surface area contributed by atoms with Crippen molar-refractivity contribution >= 4 is 5.82 Å². The molecule has 1 fully saturated rings. The van der Waals surface area contributed by atoms with Crippen molar-refractivity contribution in [1.82, 2.24) is 24.6 Å². The summed E-state index contributed by atoms with van der Waals surface area (Å²) in [5.41, 5.74) is 3.51. The molecule has 23 heavy (non-hydrogen) atoms. The van der Waals surface area contributed by atoms with Crippen LogP contribution < -0.4 is 4.90 Å². The summed E-state index contributed by atoms with van der Waals surface area (Å²) in [5, 5.41) is 13.6. The van der Waals surface area contributed by atoms with Gasteiger partial charge >= 0.3 is 0 Å². The molecule has 2 aromatic rings. The van der Waals surface area contributed by atoms with Gasteiger partial charge < -0.3 is 10.0 Å². The molecular weight excluding hydrogens is 292 g/mol. The topological polar surface area (TPSA) is 70.3 Å². The Bertz CT molecular complexity index is 634. The summed E-state index contributed by atoms with van der Waals surface area (Å²) in [4.78, 5) is 13.2. The number of aromatic nitrogens is 4. The van der Waals surface area contributed by atoms with E-state index in [2.05, 4.69) is 31.8 Å². The van der Waals surface area contributed by atoms with E-state index in [0.29, 0.717) is 6.54 Å². The fraction of sp³-hybridized carbons (Fsp3) is 0.562. The molecule has 0 unspecified atom stereocenters. The molecule has 0 spiro atoms. The lowest BCUT2D eigenvalue weighted by atomic mass is 10.1. The lowest BCUT2D eigenvalue weighted by Crippen LogP contribution is -2.46. The molecule has 7 nitrogen and oxygen atoms in total. The van der Waals surface area contributed by atoms with Crippen molar-refractivity contribution < 1.29 is 5.11 Å². The van der Waals surface area contributed by atoms with Crippen LogP contribution in [0.5, 0.6) is 0 Å². The van der Waals surface area contributed by atoms with E-state index in [1.54, 1.807) is 12.4 Å². The lowest BCUT2D eigenvalue weighted by molar-refractivity contribution is 0.247. The Morgan fingerprint density at radius 1 is 1.13 bits per heavy atom. The molecule has 0 saturated carbocycles. The van der Waals surface area contributed by atoms with Gasteiger partial charge in [-0.25, -0.2) is 4.98 Å². The van der Waals surface area contributed by atoms with Gasteiger partial charge in [0.15, 0.2) is 0 Å². The summed E-state index contributed by atoms with van der Waals surface area (Å²) in [7, 11) is 0. The van der Waals surface area contributed by atoms with E-state index in [0.717, 1.165) is 49.9 Å². The van der Waals surface area contributed by atoms with Crippen molar-refractivity contribution in [3.05, 3.63) is 35.5 Å². The Hall–Kier alpha value is -1.99. The highest BCUT2D eigenvalue weighted by molar-refractivity contribution is 5.35. The Morgan fingerprint density at radius 2 is 1.91 bits per heavy atom. The third-order valence-corrected chi connectivity index (χ3v) is 4.47. The van der Waals surface area contributed by atoms with Crippen LogP contribution in [0.25, 0.3) is 0 Å². The number of rotatable bonds is 5. The smallest absolute Gasteiger partial charge is 0.147 e. The molecule has 0 radical (unpaired) electrons. The molecule has 124 valence electrons. The zero-order chi connectivity index (χ0) is 16.2. The van der Waals surface area contributed by atoms with Gasteiger partial charge in [0.1, 0.15) is 5.82 Å². The number of hydrogen-bond acceptors (Lipinski definition) is 6. The zero-order valence-corrected chi connectivity index (χ0v) is 13.8. The van der Waals surface area contributed by atoms with Crippen LogP contribution >= 0.6 is 0 Å². The molecule has 3 heterocycles. The first-order valence-electron chi connectivity index (χ1n) is 8.06. The van der Waals surface area contributed by atoms with E-state index >= 15 is 0 Å². The van der Waals surface area contributed by atoms with Crippen LogP contribution in [0.15, 0.2) is 18.6 Å². The minimum atomic E-state index is 0.123. The summed E-state index contributed by atoms with van der Waals surface area (Å²) < 4.78 is 1.90. The number of piperazine rings is 1. The van der Waals surface area contributed by atoms with Crippen LogP contribution in [0.3, 0.4) is 0 Å². The second kappa shape index (κ2) is 7.06. The molecule has 1 aliphatic rings. The normalized spacial score (nSPS) is 16.0. The van der Waals surface area contributed by atoms with Crippen LogP contribution in [-0.4, -0.2) is 62.5 Å². The molecule has 1 saturated heterocycles. The molecular formula is C16H24N6O. The van der Waals surface area contributed by atoms with Crippen LogP contribution in [-0.2, 0) is 13.1 Å². The van der Waals surface area contributed by atoms with Gasteiger partial charge in [-0.3, -0.25) is 14.6 Å². The van der Waals surface area contributed by atoms with Crippen LogP contribution in [0.1, 0.15) is 17.0 Å². The first-order chi connectivity index (χ1) is 11.2. The Morgan fingerprint density at radius 3 is 2.57 bits per heavy atom. The highest BCUT2D eigenvalue weighted by Crippen LogP contribution is 2.18. The van der Waals surface area contributed by atoms with Crippen molar-refractivity contribution in [3.8, 4) is 0 Å². The highest BCUT2D eigenvalue weighted by Gasteiger charge is 2.20. The third kappa shape index (κ3) is 3.51. The monoisotopic (exact) mass is 316 g/mol. The molecule has 1 aliphatic heterocycles. The zero-order valence-electron chi connectivity index (χ0n) is 13.8. The second-order valence-corrected chi connectivity index (χ2v) is 5.92. The molecule has 0 bridgehead atoms. The highest BCUT2D eigenvalue weighted by atomic mass is 16.3. The summed E-state index contributed by atoms with van der Waals surface area (Å²) in [6.07, 6.45) is 5.27. The molecule has 0 aliphatic carbocycles. The maximum Gasteiger partial charge on any atom is 0.147 e. The van der Waals surface area contributed by atoms with E-state index in [1.807, 2.05) is 17.8 Å². The quantitative estimate of drug-likeness (QED) is 0.871. The first-order valence-corrected chi connectivity index (χ1v) is 8.06. The number of aliphatic hydroxyl groups is 1. The van der Waals surface area contributed by atoms with Crippen molar-refractivity contribution in [2.24, 2.45) is 0 Å². The average Bonchev–Trinajstić information content (AvgIpc) is 2.84. The summed E-state index contributed by atoms with van der Waals surface area (Å²) in [5.74, 6) is 0.954. The van der Waals surface area contributed by atoms with Crippen molar-refractivity contribution in [2.45, 2.75) is 26.9 Å². The standard InChI is InChI=1S/C16H24N6O/c1-13-15(14(2)22(19-13)9-10-23)12-20-5-7-21(8-6-20)16-11-17-3-4-18-16/h3-4,11,23H,5-10,12H2,1-2H3. The predicted octanol–water partition coefficient (Wildman–Crippen LogP) is 0.604. The minimum absolute atomic E-state index is 0.123. The molecule has 1 N–H and O–H groups in total. The van der Waals surface area contributed by atoms with Gasteiger partial charge in [0.05, 0.1) is 25.0 Å². The van der Waals surface area contributed by atoms with E-state index in [-0.39, 0.29) is 6.61 Å². The molecule has 7 heteroatoms. The average molecular weight is 316 g/mol. The van der Waals surface area contributed by atoms with Gasteiger partial charge in [-0.15, -0.1) is 0 Å². The van der Waals surface area contributed by atoms with E-state index in [4.69, 9.17) is 5.11 Å². The minimum Gasteiger partial charge on any atom is -0.394 e. The number of aliphatic hydroxyl groups excluding tert-OH is 1. The van der Waals surface area contributed by atoms with Crippen LogP contribution in [0.4, 0.5) is 5.82 Å². The Balaban J connectivity index is 1.61. The lowest BCUT2D eigenvalue weighted by Gasteiger charge is -2.35. The van der Waals surface area contributed by atoms with Gasteiger partial charge in [0.25, 0.3) is 0 Å². The molecule has 2 aromatic heterocycles. The molecule has 0 atom stereocenters. The third-order valence-electron chi connectivity index (χ3n) is 4.47. The summed E-state index contributed by atoms with van der Waals surface area (Å²) >= 11 is 0. The predicted molar refractivity (Wildman–Crippen MR) is 88.3 cm³/mol. The SMILES string of the molecule is Cc1nn(CCO)c(C)c1CN1CCN(c2cnccn2)CC1. The maximum atomic E-state index is 9.12. The fourth-order valence-electron chi connectivity index (χ4n) is 3.09. The van der Waals surface area contributed by atoms with E-state index in [1.165, 1.54) is 5.56 Å². The van der Waals surface area contributed by atoms with Gasteiger partial charge in [0.2, 0.25) is 0 Å². The molecule has 0 amide bonds. The number of nitrogens with zero attached hydrogens (tertiary/aromatic N) is 6. The van der Waals surface area contributed by atoms with E-state index in [9.17, 15) is 0 Å². The first kappa shape index (κ1) is 15.9. The van der Waals surface area contributed by atoms with Crippen molar-refractivity contribution in [3.63, 3.8) is 0 Å². The van der Waals surface area contributed by atoms with Gasteiger partial charge in [-0.1, -0.05) is 0 Å². The summed E-state index contributed by atoms with van der Waals surface area (Å²) in [6, 6.07) is 0. The van der Waals surface area contributed by atoms with Gasteiger partial charge in [0, 0.05) is 56.4 Å². The van der Waals surface area contributed by atoms with Crippen LogP contribution in [0.2, 0.25) is 0 Å².